The van der Waals surface area contributed by atoms with Gasteiger partial charge >= 0.3 is 6.09 Å². The fraction of sp³-hybridized carbons (Fsp3) is 0.450. The first kappa shape index (κ1) is 15.9. The third-order valence-electron chi connectivity index (χ3n) is 4.31. The van der Waals surface area contributed by atoms with Crippen molar-refractivity contribution in [1.29, 1.82) is 0 Å². The molecule has 0 aliphatic carbocycles. The van der Waals surface area contributed by atoms with Gasteiger partial charge in [-0.3, -0.25) is 0 Å². The van der Waals surface area contributed by atoms with Gasteiger partial charge in [0.25, 0.3) is 0 Å². The quantitative estimate of drug-likeness (QED) is 0.715. The number of carbonyl (C=O) groups excluding carboxylic acids is 1. The van der Waals surface area contributed by atoms with Crippen molar-refractivity contribution in [3.8, 4) is 0 Å². The highest BCUT2D eigenvalue weighted by Gasteiger charge is 2.32. The average molecular weight is 311 g/mol. The topological polar surface area (TPSA) is 29.5 Å². The Hall–Kier alpha value is -2.03. The molecule has 1 atom stereocenters. The molecule has 2 aromatic rings. The van der Waals surface area contributed by atoms with Crippen LogP contribution in [0, 0.1) is 0 Å². The van der Waals surface area contributed by atoms with E-state index in [1.807, 2.05) is 25.7 Å². The normalized spacial score (nSPS) is 18.9. The largest absolute Gasteiger partial charge is 0.444 e. The number of hydrogen-bond acceptors (Lipinski definition) is 2. The maximum atomic E-state index is 12.6. The average Bonchev–Trinajstić information content (AvgIpc) is 2.53. The van der Waals surface area contributed by atoms with E-state index in [0.717, 1.165) is 25.8 Å². The lowest BCUT2D eigenvalue weighted by molar-refractivity contribution is 0.00969. The van der Waals surface area contributed by atoms with Crippen LogP contribution in [-0.2, 0) is 4.74 Å². The van der Waals surface area contributed by atoms with Crippen molar-refractivity contribution < 1.29 is 9.53 Å². The number of fused-ring (bicyclic) bond motifs is 1. The van der Waals surface area contributed by atoms with E-state index in [0.29, 0.717) is 0 Å². The van der Waals surface area contributed by atoms with E-state index in [1.165, 1.54) is 16.3 Å². The van der Waals surface area contributed by atoms with Crippen LogP contribution in [0.25, 0.3) is 10.8 Å². The molecule has 1 fully saturated rings. The zero-order valence-electron chi connectivity index (χ0n) is 14.2. The van der Waals surface area contributed by atoms with Crippen LogP contribution in [0.3, 0.4) is 0 Å². The van der Waals surface area contributed by atoms with E-state index in [2.05, 4.69) is 42.5 Å². The number of carbonyl (C=O) groups is 1. The lowest BCUT2D eigenvalue weighted by atomic mass is 9.91. The van der Waals surface area contributed by atoms with E-state index in [4.69, 9.17) is 4.74 Å². The second-order valence-corrected chi connectivity index (χ2v) is 7.25. The Labute approximate surface area is 138 Å². The van der Waals surface area contributed by atoms with Crippen LogP contribution in [-0.4, -0.2) is 23.1 Å². The van der Waals surface area contributed by atoms with Crippen molar-refractivity contribution in [3.05, 3.63) is 48.0 Å². The van der Waals surface area contributed by atoms with Crippen LogP contribution in [0.5, 0.6) is 0 Å². The summed E-state index contributed by atoms with van der Waals surface area (Å²) < 4.78 is 5.63. The summed E-state index contributed by atoms with van der Waals surface area (Å²) in [6.45, 7) is 6.52. The van der Waals surface area contributed by atoms with Crippen molar-refractivity contribution in [1.82, 2.24) is 4.90 Å². The van der Waals surface area contributed by atoms with E-state index in [9.17, 15) is 4.79 Å². The van der Waals surface area contributed by atoms with Crippen LogP contribution >= 0.6 is 0 Å². The molecule has 122 valence electrons. The zero-order valence-corrected chi connectivity index (χ0v) is 14.2. The SMILES string of the molecule is CC(C)(C)OC(=O)N1CCCC[C@@H]1c1cccc2ccccc12. The molecule has 1 amide bonds. The molecule has 0 unspecified atom stereocenters. The van der Waals surface area contributed by atoms with Gasteiger partial charge in [0.15, 0.2) is 0 Å². The molecule has 1 saturated heterocycles. The number of nitrogens with zero attached hydrogens (tertiary/aromatic N) is 1. The molecule has 0 radical (unpaired) electrons. The van der Waals surface area contributed by atoms with Crippen molar-refractivity contribution in [2.75, 3.05) is 6.54 Å². The molecule has 0 saturated carbocycles. The highest BCUT2D eigenvalue weighted by molar-refractivity contribution is 5.86. The molecule has 0 bridgehead atoms. The minimum absolute atomic E-state index is 0.102. The molecule has 0 spiro atoms. The number of likely N-dealkylation sites (tertiary alicyclic amines) is 1. The minimum atomic E-state index is -0.460. The molecular formula is C20H25NO2. The summed E-state index contributed by atoms with van der Waals surface area (Å²) in [5.74, 6) is 0. The van der Waals surface area contributed by atoms with Gasteiger partial charge in [-0.25, -0.2) is 4.79 Å². The van der Waals surface area contributed by atoms with Crippen molar-refractivity contribution in [2.45, 2.75) is 51.7 Å². The van der Waals surface area contributed by atoms with E-state index in [1.54, 1.807) is 0 Å². The molecule has 3 heteroatoms. The van der Waals surface area contributed by atoms with Gasteiger partial charge in [0.05, 0.1) is 6.04 Å². The third kappa shape index (κ3) is 3.49. The van der Waals surface area contributed by atoms with Crippen LogP contribution in [0.1, 0.15) is 51.6 Å². The van der Waals surface area contributed by atoms with Crippen LogP contribution in [0.15, 0.2) is 42.5 Å². The molecule has 0 aromatic heterocycles. The second kappa shape index (κ2) is 6.23. The maximum absolute atomic E-state index is 12.6. The number of ether oxygens (including phenoxy) is 1. The second-order valence-electron chi connectivity index (χ2n) is 7.25. The summed E-state index contributed by atoms with van der Waals surface area (Å²) in [6, 6.07) is 14.8. The van der Waals surface area contributed by atoms with Crippen LogP contribution < -0.4 is 0 Å². The summed E-state index contributed by atoms with van der Waals surface area (Å²) in [5.41, 5.74) is 0.770. The van der Waals surface area contributed by atoms with Gasteiger partial charge < -0.3 is 9.64 Å². The molecule has 0 N–H and O–H groups in total. The molecule has 1 heterocycles. The first-order valence-electron chi connectivity index (χ1n) is 8.43. The van der Waals surface area contributed by atoms with Crippen molar-refractivity contribution in [3.63, 3.8) is 0 Å². The summed E-state index contributed by atoms with van der Waals surface area (Å²) >= 11 is 0. The maximum Gasteiger partial charge on any atom is 0.410 e. The van der Waals surface area contributed by atoms with Gasteiger partial charge in [-0.05, 0) is 56.4 Å². The summed E-state index contributed by atoms with van der Waals surface area (Å²) in [4.78, 5) is 14.6. The standard InChI is InChI=1S/C20H25NO2/c1-20(2,3)23-19(22)21-14-7-6-13-18(21)17-12-8-10-15-9-4-5-11-16(15)17/h4-5,8-12,18H,6-7,13-14H2,1-3H3/t18-/m1/s1. The lowest BCUT2D eigenvalue weighted by Gasteiger charge is -2.37. The van der Waals surface area contributed by atoms with Gasteiger partial charge in [-0.2, -0.15) is 0 Å². The fourth-order valence-electron chi connectivity index (χ4n) is 3.34. The first-order chi connectivity index (χ1) is 11.0. The number of amides is 1. The Kier molecular flexibility index (Phi) is 4.29. The van der Waals surface area contributed by atoms with Gasteiger partial charge in [0.2, 0.25) is 0 Å². The number of piperidine rings is 1. The lowest BCUT2D eigenvalue weighted by Crippen LogP contribution is -2.41. The third-order valence-corrected chi connectivity index (χ3v) is 4.31. The Morgan fingerprint density at radius 2 is 1.83 bits per heavy atom. The molecule has 1 aliphatic heterocycles. The molecular weight excluding hydrogens is 286 g/mol. The van der Waals surface area contributed by atoms with Gasteiger partial charge in [-0.15, -0.1) is 0 Å². The smallest absolute Gasteiger partial charge is 0.410 e. The van der Waals surface area contributed by atoms with Gasteiger partial charge in [0, 0.05) is 6.54 Å². The molecule has 1 aliphatic rings. The van der Waals surface area contributed by atoms with Crippen LogP contribution in [0.2, 0.25) is 0 Å². The molecule has 3 nitrogen and oxygen atoms in total. The number of hydrogen-bond donors (Lipinski definition) is 0. The highest BCUT2D eigenvalue weighted by atomic mass is 16.6. The van der Waals surface area contributed by atoms with Crippen LogP contribution in [0.4, 0.5) is 4.79 Å². The monoisotopic (exact) mass is 311 g/mol. The van der Waals surface area contributed by atoms with Gasteiger partial charge in [0.1, 0.15) is 5.60 Å². The Balaban J connectivity index is 1.96. The van der Waals surface area contributed by atoms with Crippen molar-refractivity contribution >= 4 is 16.9 Å². The predicted octanol–water partition coefficient (Wildman–Crippen LogP) is 5.30. The summed E-state index contributed by atoms with van der Waals surface area (Å²) in [6.07, 6.45) is 2.98. The Morgan fingerprint density at radius 1 is 1.09 bits per heavy atom. The Bertz CT molecular complexity index is 697. The summed E-state index contributed by atoms with van der Waals surface area (Å²) in [7, 11) is 0. The molecule has 2 aromatic carbocycles. The number of benzene rings is 2. The van der Waals surface area contributed by atoms with E-state index >= 15 is 0 Å². The first-order valence-corrected chi connectivity index (χ1v) is 8.43. The number of rotatable bonds is 1. The predicted molar refractivity (Wildman–Crippen MR) is 93.5 cm³/mol. The van der Waals surface area contributed by atoms with Gasteiger partial charge in [-0.1, -0.05) is 42.5 Å². The minimum Gasteiger partial charge on any atom is -0.444 e. The molecule has 23 heavy (non-hydrogen) atoms. The van der Waals surface area contributed by atoms with E-state index in [-0.39, 0.29) is 12.1 Å². The van der Waals surface area contributed by atoms with Crippen molar-refractivity contribution in [2.24, 2.45) is 0 Å². The Morgan fingerprint density at radius 3 is 2.61 bits per heavy atom. The zero-order chi connectivity index (χ0) is 16.4. The molecule has 3 rings (SSSR count). The highest BCUT2D eigenvalue weighted by Crippen LogP contribution is 2.35. The van der Waals surface area contributed by atoms with E-state index < -0.39 is 5.60 Å². The summed E-state index contributed by atoms with van der Waals surface area (Å²) in [5, 5.41) is 2.45. The fourth-order valence-corrected chi connectivity index (χ4v) is 3.34.